The van der Waals surface area contributed by atoms with Gasteiger partial charge in [-0.3, -0.25) is 4.68 Å². The Balaban J connectivity index is 2.30. The molecule has 0 radical (unpaired) electrons. The zero-order valence-corrected chi connectivity index (χ0v) is 14.3. The molecule has 20 heavy (non-hydrogen) atoms. The van der Waals surface area contributed by atoms with Crippen LogP contribution < -0.4 is 5.84 Å². The molecule has 0 amide bonds. The first-order chi connectivity index (χ1) is 9.67. The molecule has 0 aliphatic heterocycles. The average Bonchev–Trinajstić information content (AvgIpc) is 2.98. The van der Waals surface area contributed by atoms with Crippen LogP contribution in [0.3, 0.4) is 0 Å². The van der Waals surface area contributed by atoms with E-state index in [1.54, 1.807) is 6.07 Å². The second-order valence-corrected chi connectivity index (χ2v) is 5.64. The molecule has 110 valence electrons. The molecule has 0 spiro atoms. The van der Waals surface area contributed by atoms with Crippen LogP contribution in [0.25, 0.3) is 0 Å². The molecule has 1 fully saturated rings. The largest absolute Gasteiger partial charge is 0.365 e. The fraction of sp³-hybridized carbons (Fsp3) is 0.545. The summed E-state index contributed by atoms with van der Waals surface area (Å²) < 4.78 is 17.6. The number of hydrogen-bond acceptors (Lipinski definition) is 5. The fourth-order valence-electron chi connectivity index (χ4n) is 2.89. The van der Waals surface area contributed by atoms with Gasteiger partial charge in [0.1, 0.15) is 11.8 Å². The van der Waals surface area contributed by atoms with Crippen LogP contribution in [0.15, 0.2) is 12.1 Å². The molecule has 1 saturated carbocycles. The fourth-order valence-corrected chi connectivity index (χ4v) is 3.85. The van der Waals surface area contributed by atoms with Crippen LogP contribution in [0.2, 0.25) is 0 Å². The van der Waals surface area contributed by atoms with Crippen molar-refractivity contribution in [2.45, 2.75) is 24.5 Å². The molecular weight excluding hydrogens is 315 g/mol. The van der Waals surface area contributed by atoms with Gasteiger partial charge in [-0.1, -0.05) is 0 Å². The molecule has 7 atom stereocenters. The van der Waals surface area contributed by atoms with Gasteiger partial charge >= 0.3 is 0 Å². The Kier molecular flexibility index (Phi) is 5.75. The summed E-state index contributed by atoms with van der Waals surface area (Å²) in [5, 5.41) is 9.00. The van der Waals surface area contributed by atoms with Crippen LogP contribution >= 0.6 is 28.4 Å². The van der Waals surface area contributed by atoms with Gasteiger partial charge in [0, 0.05) is 45.9 Å². The van der Waals surface area contributed by atoms with Crippen molar-refractivity contribution >= 4 is 28.4 Å². The van der Waals surface area contributed by atoms with Gasteiger partial charge in [-0.05, 0) is 18.6 Å². The first-order valence-corrected chi connectivity index (χ1v) is 7.48. The van der Waals surface area contributed by atoms with Gasteiger partial charge in [0.25, 0.3) is 0 Å². The number of nitrogens with two attached hydrogens (primary N) is 1. The van der Waals surface area contributed by atoms with E-state index < -0.39 is 0 Å². The molecule has 1 aromatic rings. The van der Waals surface area contributed by atoms with Crippen molar-refractivity contribution in [1.29, 1.82) is 5.26 Å². The monoisotopic (exact) mass is 333 g/mol. The molecule has 3 unspecified atom stereocenters. The van der Waals surface area contributed by atoms with E-state index in [1.807, 2.05) is 6.07 Å². The van der Waals surface area contributed by atoms with E-state index in [9.17, 15) is 0 Å². The highest BCUT2D eigenvalue weighted by molar-refractivity contribution is 7.10. The van der Waals surface area contributed by atoms with Gasteiger partial charge in [-0.2, -0.15) is 5.26 Å². The predicted octanol–water partition coefficient (Wildman–Crippen LogP) is 1.33. The van der Waals surface area contributed by atoms with E-state index >= 15 is 0 Å². The Morgan fingerprint density at radius 3 is 2.50 bits per heavy atom. The molecule has 2 rings (SSSR count). The lowest BCUT2D eigenvalue weighted by Gasteiger charge is -2.24. The van der Waals surface area contributed by atoms with Crippen molar-refractivity contribution in [3.8, 4) is 6.07 Å². The average molecular weight is 333 g/mol. The molecule has 1 aromatic heterocycles. The van der Waals surface area contributed by atoms with E-state index in [2.05, 4.69) is 34.5 Å². The molecule has 1 heterocycles. The zero-order chi connectivity index (χ0) is 14.7. The second-order valence-electron chi connectivity index (χ2n) is 4.76. The lowest BCUT2D eigenvalue weighted by atomic mass is 10.0. The minimum atomic E-state index is -0.161. The van der Waals surface area contributed by atoms with Crippen LogP contribution in [0, 0.1) is 17.2 Å². The molecular formula is C11H18N3O3P3. The zero-order valence-electron chi connectivity index (χ0n) is 10.8. The number of rotatable bonds is 5. The van der Waals surface area contributed by atoms with E-state index in [-0.39, 0.29) is 24.0 Å². The number of nitrogen functional groups attached to an aromatic ring is 1. The highest BCUT2D eigenvalue weighted by atomic mass is 31.0. The van der Waals surface area contributed by atoms with Gasteiger partial charge in [0.15, 0.2) is 0 Å². The van der Waals surface area contributed by atoms with Crippen molar-refractivity contribution in [2.75, 3.05) is 12.4 Å². The Labute approximate surface area is 125 Å². The Hall–Kier alpha value is -0.260. The van der Waals surface area contributed by atoms with E-state index in [0.717, 1.165) is 12.1 Å². The van der Waals surface area contributed by atoms with Crippen molar-refractivity contribution in [3.63, 3.8) is 0 Å². The molecule has 0 bridgehead atoms. The summed E-state index contributed by atoms with van der Waals surface area (Å²) in [7, 11) is 6.83. The van der Waals surface area contributed by atoms with E-state index in [1.165, 1.54) is 4.68 Å². The van der Waals surface area contributed by atoms with Crippen LogP contribution in [0.1, 0.15) is 23.7 Å². The summed E-state index contributed by atoms with van der Waals surface area (Å²) in [6.07, 6.45) is 0.549. The lowest BCUT2D eigenvalue weighted by molar-refractivity contribution is 0.0618. The van der Waals surface area contributed by atoms with Gasteiger partial charge in [-0.25, -0.2) is 0 Å². The van der Waals surface area contributed by atoms with Crippen LogP contribution in [0.4, 0.5) is 0 Å². The van der Waals surface area contributed by atoms with Gasteiger partial charge in [0.05, 0.1) is 18.8 Å². The summed E-state index contributed by atoms with van der Waals surface area (Å²) in [6, 6.07) is 5.64. The number of nitriles is 1. The lowest BCUT2D eigenvalue weighted by Crippen LogP contribution is -2.31. The van der Waals surface area contributed by atoms with Gasteiger partial charge in [-0.15, -0.1) is 0 Å². The summed E-state index contributed by atoms with van der Waals surface area (Å²) >= 11 is 0. The number of hydrogen-bond donors (Lipinski definition) is 1. The van der Waals surface area contributed by atoms with Crippen molar-refractivity contribution in [1.82, 2.24) is 4.68 Å². The molecule has 9 heteroatoms. The smallest absolute Gasteiger partial charge is 0.139 e. The van der Waals surface area contributed by atoms with Crippen molar-refractivity contribution < 1.29 is 13.6 Å². The normalized spacial score (nSPS) is 29.5. The topological polar surface area (TPSA) is 82.4 Å². The molecule has 0 saturated heterocycles. The number of aromatic nitrogens is 1. The van der Waals surface area contributed by atoms with Crippen LogP contribution in [-0.4, -0.2) is 23.5 Å². The highest BCUT2D eigenvalue weighted by Crippen LogP contribution is 2.44. The first kappa shape index (κ1) is 16.1. The third kappa shape index (κ3) is 2.85. The van der Waals surface area contributed by atoms with Crippen molar-refractivity contribution in [3.05, 3.63) is 23.5 Å². The standard InChI is InChI=1S/C11H18N3O3P3/c12-4-7-1-2-9(14(7)13)8-3-6(5-15-18)10(16-19)11(8)17-20/h1-2,6,8,10-11H,3,5,13,18-20H2/t6-,8+,10-,11+/m1/s1. The molecule has 6 nitrogen and oxygen atoms in total. The Morgan fingerprint density at radius 2 is 2.00 bits per heavy atom. The molecule has 0 aromatic carbocycles. The van der Waals surface area contributed by atoms with Gasteiger partial charge in [0.2, 0.25) is 0 Å². The maximum atomic E-state index is 9.00. The Bertz CT molecular complexity index is 505. The third-order valence-corrected chi connectivity index (χ3v) is 4.63. The molecule has 2 N–H and O–H groups in total. The summed E-state index contributed by atoms with van der Waals surface area (Å²) in [5.41, 5.74) is 1.30. The minimum Gasteiger partial charge on any atom is -0.365 e. The third-order valence-electron chi connectivity index (χ3n) is 3.81. The van der Waals surface area contributed by atoms with Crippen LogP contribution in [-0.2, 0) is 13.6 Å². The summed E-state index contributed by atoms with van der Waals surface area (Å²) in [5.74, 6) is 6.21. The van der Waals surface area contributed by atoms with Crippen LogP contribution in [0.5, 0.6) is 0 Å². The van der Waals surface area contributed by atoms with Gasteiger partial charge < -0.3 is 19.4 Å². The summed E-state index contributed by atoms with van der Waals surface area (Å²) in [4.78, 5) is 0. The van der Waals surface area contributed by atoms with Crippen molar-refractivity contribution in [2.24, 2.45) is 5.92 Å². The summed E-state index contributed by atoms with van der Waals surface area (Å²) in [6.45, 7) is 0.557. The quantitative estimate of drug-likeness (QED) is 0.649. The SMILES string of the molecule is N#Cc1ccc([C@@H]2C[C@H](COP)[C@@H](OP)[C@H]2OP)n1N. The first-order valence-electron chi connectivity index (χ1n) is 6.07. The molecule has 1 aliphatic carbocycles. The minimum absolute atomic E-state index is 0.0512. The van der Waals surface area contributed by atoms with E-state index in [0.29, 0.717) is 12.3 Å². The Morgan fingerprint density at radius 1 is 1.30 bits per heavy atom. The maximum absolute atomic E-state index is 9.00. The number of nitrogens with zero attached hydrogens (tertiary/aromatic N) is 2. The highest BCUT2D eigenvalue weighted by Gasteiger charge is 2.46. The second kappa shape index (κ2) is 7.14. The maximum Gasteiger partial charge on any atom is 0.139 e. The molecule has 1 aliphatic rings. The van der Waals surface area contributed by atoms with E-state index in [4.69, 9.17) is 24.7 Å². The predicted molar refractivity (Wildman–Crippen MR) is 85.0 cm³/mol.